The number of carbonyl (C=O) groups is 2. The van der Waals surface area contributed by atoms with Crippen molar-refractivity contribution in [3.05, 3.63) is 35.8 Å². The SMILES string of the molecule is Cc1cccc2nc(CNC(=O)C3CCN(C(=O)N(C)C)CC3)cn12. The Balaban J connectivity index is 1.53. The molecule has 0 aliphatic carbocycles. The second kappa shape index (κ2) is 7.13. The van der Waals surface area contributed by atoms with Gasteiger partial charge in [0, 0.05) is 45.0 Å². The summed E-state index contributed by atoms with van der Waals surface area (Å²) >= 11 is 0. The molecule has 0 bridgehead atoms. The van der Waals surface area contributed by atoms with E-state index in [2.05, 4.69) is 10.3 Å². The van der Waals surface area contributed by atoms with E-state index in [1.165, 1.54) is 0 Å². The van der Waals surface area contributed by atoms with E-state index >= 15 is 0 Å². The molecule has 1 aliphatic rings. The van der Waals surface area contributed by atoms with Gasteiger partial charge in [0.2, 0.25) is 5.91 Å². The number of rotatable bonds is 3. The van der Waals surface area contributed by atoms with Gasteiger partial charge in [-0.3, -0.25) is 4.79 Å². The highest BCUT2D eigenvalue weighted by molar-refractivity contribution is 5.79. The van der Waals surface area contributed by atoms with Gasteiger partial charge in [-0.2, -0.15) is 0 Å². The molecule has 3 rings (SSSR count). The monoisotopic (exact) mass is 343 g/mol. The summed E-state index contributed by atoms with van der Waals surface area (Å²) in [4.78, 5) is 32.3. The van der Waals surface area contributed by atoms with Crippen LogP contribution in [0.2, 0.25) is 0 Å². The van der Waals surface area contributed by atoms with E-state index in [1.807, 2.05) is 35.7 Å². The Morgan fingerprint density at radius 1 is 1.28 bits per heavy atom. The first kappa shape index (κ1) is 17.3. The maximum Gasteiger partial charge on any atom is 0.319 e. The maximum atomic E-state index is 12.4. The summed E-state index contributed by atoms with van der Waals surface area (Å²) in [7, 11) is 3.50. The highest BCUT2D eigenvalue weighted by Gasteiger charge is 2.27. The van der Waals surface area contributed by atoms with E-state index in [0.29, 0.717) is 32.5 Å². The topological polar surface area (TPSA) is 70.0 Å². The minimum atomic E-state index is -0.0371. The average Bonchev–Trinajstić information content (AvgIpc) is 3.03. The molecule has 1 aliphatic heterocycles. The van der Waals surface area contributed by atoms with Gasteiger partial charge in [0.15, 0.2) is 0 Å². The number of hydrogen-bond donors (Lipinski definition) is 1. The van der Waals surface area contributed by atoms with Gasteiger partial charge in [-0.25, -0.2) is 9.78 Å². The van der Waals surface area contributed by atoms with Crippen molar-refractivity contribution in [3.63, 3.8) is 0 Å². The number of nitrogens with zero attached hydrogens (tertiary/aromatic N) is 4. The lowest BCUT2D eigenvalue weighted by molar-refractivity contribution is -0.126. The molecule has 1 N–H and O–H groups in total. The third-order valence-electron chi connectivity index (χ3n) is 4.71. The molecule has 0 unspecified atom stereocenters. The lowest BCUT2D eigenvalue weighted by atomic mass is 9.96. The van der Waals surface area contributed by atoms with Crippen molar-refractivity contribution in [1.82, 2.24) is 24.5 Å². The Labute approximate surface area is 147 Å². The molecule has 0 saturated carbocycles. The molecule has 0 radical (unpaired) electrons. The van der Waals surface area contributed by atoms with Crippen LogP contribution in [0, 0.1) is 12.8 Å². The highest BCUT2D eigenvalue weighted by Crippen LogP contribution is 2.18. The summed E-state index contributed by atoms with van der Waals surface area (Å²) in [6.45, 7) is 3.71. The minimum absolute atomic E-state index is 0.0129. The van der Waals surface area contributed by atoms with E-state index < -0.39 is 0 Å². The number of nitrogens with one attached hydrogen (secondary N) is 1. The zero-order valence-corrected chi connectivity index (χ0v) is 15.0. The number of pyridine rings is 1. The normalized spacial score (nSPS) is 15.4. The first-order valence-corrected chi connectivity index (χ1v) is 8.63. The first-order chi connectivity index (χ1) is 12.0. The number of imidazole rings is 1. The van der Waals surface area contributed by atoms with Gasteiger partial charge in [0.05, 0.1) is 12.2 Å². The van der Waals surface area contributed by atoms with Crippen molar-refractivity contribution in [2.24, 2.45) is 5.92 Å². The lowest BCUT2D eigenvalue weighted by Crippen LogP contribution is -2.46. The molecule has 134 valence electrons. The highest BCUT2D eigenvalue weighted by atomic mass is 16.2. The van der Waals surface area contributed by atoms with Gasteiger partial charge in [0.1, 0.15) is 5.65 Å². The lowest BCUT2D eigenvalue weighted by Gasteiger charge is -2.33. The van der Waals surface area contributed by atoms with Crippen LogP contribution in [-0.4, -0.2) is 58.3 Å². The summed E-state index contributed by atoms with van der Waals surface area (Å²) < 4.78 is 2.02. The van der Waals surface area contributed by atoms with Crippen LogP contribution >= 0.6 is 0 Å². The molecule has 0 atom stereocenters. The Morgan fingerprint density at radius 2 is 2.00 bits per heavy atom. The molecular weight excluding hydrogens is 318 g/mol. The van der Waals surface area contributed by atoms with Crippen LogP contribution in [0.1, 0.15) is 24.2 Å². The van der Waals surface area contributed by atoms with Crippen LogP contribution in [0.25, 0.3) is 5.65 Å². The molecule has 1 saturated heterocycles. The van der Waals surface area contributed by atoms with Crippen LogP contribution in [0.15, 0.2) is 24.4 Å². The van der Waals surface area contributed by atoms with Crippen LogP contribution in [0.5, 0.6) is 0 Å². The van der Waals surface area contributed by atoms with E-state index in [9.17, 15) is 9.59 Å². The average molecular weight is 343 g/mol. The number of urea groups is 1. The molecule has 25 heavy (non-hydrogen) atoms. The second-order valence-electron chi connectivity index (χ2n) is 6.78. The quantitative estimate of drug-likeness (QED) is 0.921. The van der Waals surface area contributed by atoms with Gasteiger partial charge in [0.25, 0.3) is 0 Å². The van der Waals surface area contributed by atoms with Gasteiger partial charge in [-0.1, -0.05) is 6.07 Å². The number of carbonyl (C=O) groups excluding carboxylic acids is 2. The Bertz CT molecular complexity index is 775. The van der Waals surface area contributed by atoms with Crippen molar-refractivity contribution >= 4 is 17.6 Å². The summed E-state index contributed by atoms with van der Waals surface area (Å²) in [5.74, 6) is 0.00992. The molecule has 0 spiro atoms. The molecule has 7 heteroatoms. The van der Waals surface area contributed by atoms with Crippen LogP contribution < -0.4 is 5.32 Å². The smallest absolute Gasteiger partial charge is 0.319 e. The van der Waals surface area contributed by atoms with Gasteiger partial charge in [-0.05, 0) is 31.9 Å². The number of aromatic nitrogens is 2. The molecule has 2 aromatic rings. The van der Waals surface area contributed by atoms with E-state index in [0.717, 1.165) is 17.0 Å². The number of piperidine rings is 1. The fraction of sp³-hybridized carbons (Fsp3) is 0.500. The molecule has 3 heterocycles. The number of fused-ring (bicyclic) bond motifs is 1. The molecule has 7 nitrogen and oxygen atoms in total. The van der Waals surface area contributed by atoms with Gasteiger partial charge < -0.3 is 19.5 Å². The Kier molecular flexibility index (Phi) is 4.92. The fourth-order valence-electron chi connectivity index (χ4n) is 3.22. The van der Waals surface area contributed by atoms with Crippen LogP contribution in [0.3, 0.4) is 0 Å². The standard InChI is InChI=1S/C18H25N5O2/c1-13-5-4-6-16-20-15(12-23(13)16)11-19-17(24)14-7-9-22(10-8-14)18(25)21(2)3/h4-6,12,14H,7-11H2,1-3H3,(H,19,24). The molecule has 1 fully saturated rings. The van der Waals surface area contributed by atoms with E-state index in [1.54, 1.807) is 23.9 Å². The maximum absolute atomic E-state index is 12.4. The molecule has 3 amide bonds. The minimum Gasteiger partial charge on any atom is -0.350 e. The largest absolute Gasteiger partial charge is 0.350 e. The zero-order valence-electron chi connectivity index (χ0n) is 15.0. The van der Waals surface area contributed by atoms with Crippen molar-refractivity contribution < 1.29 is 9.59 Å². The Morgan fingerprint density at radius 3 is 2.64 bits per heavy atom. The predicted molar refractivity (Wildman–Crippen MR) is 95.2 cm³/mol. The Hall–Kier alpha value is -2.57. The first-order valence-electron chi connectivity index (χ1n) is 8.63. The number of hydrogen-bond acceptors (Lipinski definition) is 3. The number of aryl methyl sites for hydroxylation is 1. The molecular formula is C18H25N5O2. The number of amides is 3. The number of likely N-dealkylation sites (tertiary alicyclic amines) is 1. The van der Waals surface area contributed by atoms with Gasteiger partial charge in [-0.15, -0.1) is 0 Å². The molecule has 0 aromatic carbocycles. The van der Waals surface area contributed by atoms with Crippen molar-refractivity contribution in [2.45, 2.75) is 26.3 Å². The third-order valence-corrected chi connectivity index (χ3v) is 4.71. The third kappa shape index (κ3) is 3.75. The summed E-state index contributed by atoms with van der Waals surface area (Å²) in [6, 6.07) is 5.97. The zero-order chi connectivity index (χ0) is 18.0. The molecule has 2 aromatic heterocycles. The van der Waals surface area contributed by atoms with Crippen LogP contribution in [0.4, 0.5) is 4.79 Å². The van der Waals surface area contributed by atoms with Crippen molar-refractivity contribution in [2.75, 3.05) is 27.2 Å². The summed E-state index contributed by atoms with van der Waals surface area (Å²) in [5.41, 5.74) is 2.85. The van der Waals surface area contributed by atoms with Gasteiger partial charge >= 0.3 is 6.03 Å². The summed E-state index contributed by atoms with van der Waals surface area (Å²) in [5, 5.41) is 2.99. The second-order valence-corrected chi connectivity index (χ2v) is 6.78. The predicted octanol–water partition coefficient (Wildman–Crippen LogP) is 1.65. The fourth-order valence-corrected chi connectivity index (χ4v) is 3.22. The van der Waals surface area contributed by atoms with E-state index in [-0.39, 0.29) is 17.9 Å². The van der Waals surface area contributed by atoms with Crippen LogP contribution in [-0.2, 0) is 11.3 Å². The van der Waals surface area contributed by atoms with E-state index in [4.69, 9.17) is 0 Å². The summed E-state index contributed by atoms with van der Waals surface area (Å²) in [6.07, 6.45) is 3.37. The van der Waals surface area contributed by atoms with Crippen molar-refractivity contribution in [3.8, 4) is 0 Å². The van der Waals surface area contributed by atoms with Crippen molar-refractivity contribution in [1.29, 1.82) is 0 Å².